The minimum absolute atomic E-state index is 0.139. The Bertz CT molecular complexity index is 2640. The molecule has 0 radical (unpaired) electrons. The maximum Gasteiger partial charge on any atom is 0.0543 e. The van der Waals surface area contributed by atoms with E-state index in [1.165, 1.54) is 117 Å². The van der Waals surface area contributed by atoms with Gasteiger partial charge in [0, 0.05) is 47.9 Å². The number of rotatable bonds is 3. The van der Waals surface area contributed by atoms with Crippen molar-refractivity contribution in [2.75, 3.05) is 4.90 Å². The van der Waals surface area contributed by atoms with Gasteiger partial charge in [0.25, 0.3) is 0 Å². The van der Waals surface area contributed by atoms with Crippen LogP contribution in [0, 0.1) is 23.7 Å². The van der Waals surface area contributed by atoms with E-state index in [2.05, 4.69) is 132 Å². The normalized spacial score (nSPS) is 26.4. The first-order valence-corrected chi connectivity index (χ1v) is 21.2. The molecule has 4 bridgehead atoms. The molecule has 1 nitrogen and oxygen atoms in total. The molecule has 1 heterocycles. The topological polar surface area (TPSA) is 3.24 Å². The average Bonchev–Trinajstić information content (AvgIpc) is 3.96. The molecule has 258 valence electrons. The molecule has 5 fully saturated rings. The second kappa shape index (κ2) is 10.5. The van der Waals surface area contributed by atoms with Crippen molar-refractivity contribution < 1.29 is 0 Å². The summed E-state index contributed by atoms with van der Waals surface area (Å²) in [6.45, 7) is 0. The van der Waals surface area contributed by atoms with E-state index in [0.717, 1.165) is 23.7 Å². The van der Waals surface area contributed by atoms with Crippen molar-refractivity contribution in [3.63, 3.8) is 0 Å². The summed E-state index contributed by atoms with van der Waals surface area (Å²) in [5, 5.41) is 2.71. The van der Waals surface area contributed by atoms with Gasteiger partial charge in [-0.05, 0) is 150 Å². The zero-order chi connectivity index (χ0) is 34.5. The molecule has 1 aromatic heterocycles. The smallest absolute Gasteiger partial charge is 0.0543 e. The van der Waals surface area contributed by atoms with E-state index in [9.17, 15) is 0 Å². The van der Waals surface area contributed by atoms with Gasteiger partial charge in [-0.3, -0.25) is 0 Å². The zero-order valence-electron chi connectivity index (χ0n) is 30.2. The fourth-order valence-corrected chi connectivity index (χ4v) is 14.8. The van der Waals surface area contributed by atoms with Crippen LogP contribution in [0.4, 0.5) is 17.1 Å². The number of anilines is 3. The third-order valence-corrected chi connectivity index (χ3v) is 16.5. The molecule has 7 aliphatic carbocycles. The lowest BCUT2D eigenvalue weighted by molar-refractivity contribution is -0.0399. The van der Waals surface area contributed by atoms with Crippen LogP contribution in [-0.4, -0.2) is 0 Å². The molecular weight excluding hydrogens is 659 g/mol. The molecule has 2 heteroatoms. The summed E-state index contributed by atoms with van der Waals surface area (Å²) in [5.41, 5.74) is 16.4. The first kappa shape index (κ1) is 29.8. The molecule has 6 aromatic carbocycles. The minimum atomic E-state index is 0.139. The molecule has 53 heavy (non-hydrogen) atoms. The highest BCUT2D eigenvalue weighted by Gasteiger charge is 2.62. The number of nitrogens with zero attached hydrogens (tertiary/aromatic N) is 1. The van der Waals surface area contributed by atoms with Gasteiger partial charge in [-0.1, -0.05) is 97.8 Å². The summed E-state index contributed by atoms with van der Waals surface area (Å²) in [6.07, 6.45) is 12.3. The summed E-state index contributed by atoms with van der Waals surface area (Å²) in [7, 11) is 0. The largest absolute Gasteiger partial charge is 0.310 e. The van der Waals surface area contributed by atoms with Gasteiger partial charge in [-0.25, -0.2) is 0 Å². The number of hydrogen-bond donors (Lipinski definition) is 0. The Morgan fingerprint density at radius 3 is 1.96 bits per heavy atom. The molecule has 0 unspecified atom stereocenters. The van der Waals surface area contributed by atoms with Crippen LogP contribution in [0.25, 0.3) is 42.4 Å². The molecule has 7 aromatic rings. The van der Waals surface area contributed by atoms with Gasteiger partial charge >= 0.3 is 0 Å². The fraction of sp³-hybridized carbons (Fsp3) is 0.294. The maximum absolute atomic E-state index is 2.65. The van der Waals surface area contributed by atoms with E-state index in [4.69, 9.17) is 0 Å². The van der Waals surface area contributed by atoms with Crippen LogP contribution in [0.5, 0.6) is 0 Å². The van der Waals surface area contributed by atoms with Crippen molar-refractivity contribution in [1.82, 2.24) is 0 Å². The Labute approximate surface area is 316 Å². The highest BCUT2D eigenvalue weighted by atomic mass is 32.1. The Morgan fingerprint density at radius 1 is 0.491 bits per heavy atom. The van der Waals surface area contributed by atoms with Gasteiger partial charge in [0.05, 0.1) is 5.69 Å². The molecule has 0 amide bonds. The van der Waals surface area contributed by atoms with Crippen LogP contribution in [0.1, 0.15) is 80.0 Å². The van der Waals surface area contributed by atoms with E-state index in [1.54, 1.807) is 22.3 Å². The van der Waals surface area contributed by atoms with Gasteiger partial charge in [-0.15, -0.1) is 11.3 Å². The molecule has 7 aliphatic rings. The van der Waals surface area contributed by atoms with E-state index in [-0.39, 0.29) is 10.8 Å². The van der Waals surface area contributed by atoms with Crippen molar-refractivity contribution in [3.05, 3.63) is 150 Å². The van der Waals surface area contributed by atoms with Crippen molar-refractivity contribution in [2.45, 2.75) is 68.6 Å². The third-order valence-electron chi connectivity index (χ3n) is 15.4. The van der Waals surface area contributed by atoms with Crippen molar-refractivity contribution in [2.24, 2.45) is 23.7 Å². The molecule has 2 spiro atoms. The Balaban J connectivity index is 1.08. The predicted octanol–water partition coefficient (Wildman–Crippen LogP) is 14.1. The second-order valence-corrected chi connectivity index (χ2v) is 18.7. The van der Waals surface area contributed by atoms with Crippen LogP contribution in [0.3, 0.4) is 0 Å². The van der Waals surface area contributed by atoms with Gasteiger partial charge in [0.2, 0.25) is 0 Å². The summed E-state index contributed by atoms with van der Waals surface area (Å²) in [5.74, 6) is 3.36. The van der Waals surface area contributed by atoms with Gasteiger partial charge in [-0.2, -0.15) is 0 Å². The molecule has 0 atom stereocenters. The van der Waals surface area contributed by atoms with E-state index >= 15 is 0 Å². The minimum Gasteiger partial charge on any atom is -0.310 e. The Kier molecular flexibility index (Phi) is 5.90. The van der Waals surface area contributed by atoms with Crippen LogP contribution in [-0.2, 0) is 10.8 Å². The van der Waals surface area contributed by atoms with Gasteiger partial charge < -0.3 is 4.90 Å². The number of benzene rings is 6. The third kappa shape index (κ3) is 3.74. The van der Waals surface area contributed by atoms with Crippen LogP contribution in [0.2, 0.25) is 0 Å². The standard InChI is InChI=1S/C51H43NS/c1-4-13-42-37(10-1)40-29-35(18-20-43(40)50(42)22-7-8-23-50)52(36-19-21-48-41(30-36)38-11-3-6-17-47(38)53-48)46-16-9-15-45-49(46)39-12-2-5-14-44(39)51(45)33-25-31-24-32(27-33)28-34(51)26-31/h1-6,9-21,29-34H,7-8,22-28H2. The van der Waals surface area contributed by atoms with Crippen LogP contribution in [0.15, 0.2) is 127 Å². The highest BCUT2D eigenvalue weighted by molar-refractivity contribution is 7.25. The molecule has 5 saturated carbocycles. The van der Waals surface area contributed by atoms with Gasteiger partial charge in [0.1, 0.15) is 0 Å². The molecule has 0 N–H and O–H groups in total. The first-order chi connectivity index (χ1) is 26.2. The molecule has 0 aliphatic heterocycles. The van der Waals surface area contributed by atoms with Crippen molar-refractivity contribution in [3.8, 4) is 22.3 Å². The van der Waals surface area contributed by atoms with Gasteiger partial charge in [0.15, 0.2) is 0 Å². The Hall–Kier alpha value is -4.66. The van der Waals surface area contributed by atoms with Crippen LogP contribution >= 0.6 is 11.3 Å². The zero-order valence-corrected chi connectivity index (χ0v) is 31.0. The van der Waals surface area contributed by atoms with Crippen LogP contribution < -0.4 is 4.90 Å². The lowest BCUT2D eigenvalue weighted by Gasteiger charge is -2.61. The predicted molar refractivity (Wildman–Crippen MR) is 222 cm³/mol. The first-order valence-electron chi connectivity index (χ1n) is 20.4. The van der Waals surface area contributed by atoms with E-state index in [1.807, 2.05) is 11.3 Å². The average molecular weight is 702 g/mol. The Morgan fingerprint density at radius 2 is 1.13 bits per heavy atom. The SMILES string of the molecule is c1ccc2c(c1)-c1cc(N(c3ccc4sc5ccccc5c4c3)c3cccc4c3-c3ccccc3C43C4CC5CC(C4)CC3C5)ccc1C21CCCC1. The quantitative estimate of drug-likeness (QED) is 0.177. The molecular formula is C51H43NS. The maximum atomic E-state index is 2.65. The number of thiophene rings is 1. The highest BCUT2D eigenvalue weighted by Crippen LogP contribution is 2.70. The monoisotopic (exact) mass is 701 g/mol. The van der Waals surface area contributed by atoms with Crippen molar-refractivity contribution in [1.29, 1.82) is 0 Å². The number of hydrogen-bond acceptors (Lipinski definition) is 2. The lowest BCUT2D eigenvalue weighted by Crippen LogP contribution is -2.55. The summed E-state index contributed by atoms with van der Waals surface area (Å²) in [6, 6.07) is 50.2. The van der Waals surface area contributed by atoms with E-state index < -0.39 is 0 Å². The summed E-state index contributed by atoms with van der Waals surface area (Å²) >= 11 is 1.91. The molecule has 14 rings (SSSR count). The fourth-order valence-electron chi connectivity index (χ4n) is 13.8. The summed E-state index contributed by atoms with van der Waals surface area (Å²) < 4.78 is 2.72. The van der Waals surface area contributed by atoms with E-state index in [0.29, 0.717) is 0 Å². The molecule has 0 saturated heterocycles. The lowest BCUT2D eigenvalue weighted by atomic mass is 9.43. The second-order valence-electron chi connectivity index (χ2n) is 17.6. The summed E-state index contributed by atoms with van der Waals surface area (Å²) in [4.78, 5) is 2.65. The van der Waals surface area contributed by atoms with Crippen molar-refractivity contribution >= 4 is 48.6 Å². The number of fused-ring (bicyclic) bond motifs is 11.